The molecule has 0 atom stereocenters. The van der Waals surface area contributed by atoms with Crippen LogP contribution in [0, 0.1) is 10.1 Å². The molecule has 0 amide bonds. The number of aromatic amines is 1. The van der Waals surface area contributed by atoms with Gasteiger partial charge in [0.05, 0.1) is 10.3 Å². The summed E-state index contributed by atoms with van der Waals surface area (Å²) in [7, 11) is 0. The van der Waals surface area contributed by atoms with Gasteiger partial charge in [0.2, 0.25) is 0 Å². The largest absolute Gasteiger partial charge is 0.310 e. The first-order chi connectivity index (χ1) is 5.99. The summed E-state index contributed by atoms with van der Waals surface area (Å²) < 4.78 is 0. The topological polar surface area (TPSA) is 88.9 Å². The number of aldehydes is 1. The number of carbonyl (C=O) groups is 1. The third kappa shape index (κ3) is 1.56. The van der Waals surface area contributed by atoms with Crippen molar-refractivity contribution >= 4 is 12.0 Å². The zero-order chi connectivity index (χ0) is 10.1. The van der Waals surface area contributed by atoms with E-state index in [1.54, 1.807) is 13.8 Å². The molecule has 1 rings (SSSR count). The number of carbonyl (C=O) groups excluding carboxylic acids is 1. The molecule has 0 saturated heterocycles. The minimum atomic E-state index is -0.904. The van der Waals surface area contributed by atoms with Crippen molar-refractivity contribution in [2.75, 3.05) is 0 Å². The van der Waals surface area contributed by atoms with E-state index in [1.165, 1.54) is 0 Å². The van der Waals surface area contributed by atoms with Gasteiger partial charge in [-0.2, -0.15) is 5.10 Å². The van der Waals surface area contributed by atoms with Gasteiger partial charge in [-0.1, -0.05) is 0 Å². The van der Waals surface area contributed by atoms with Crippen LogP contribution in [0.3, 0.4) is 0 Å². The molecule has 13 heavy (non-hydrogen) atoms. The number of nitrogens with zero attached hydrogens (tertiary/aromatic N) is 2. The number of nitrogens with one attached hydrogen (secondary N) is 1. The fraction of sp³-hybridized carbons (Fsp3) is 0.429. The lowest BCUT2D eigenvalue weighted by Gasteiger charge is -2.12. The summed E-state index contributed by atoms with van der Waals surface area (Å²) in [5.74, 6) is 0. The summed E-state index contributed by atoms with van der Waals surface area (Å²) in [6.45, 7) is 3.17. The smallest absolute Gasteiger partial charge is 0.302 e. The normalized spacial score (nSPS) is 11.2. The molecule has 0 spiro atoms. The van der Waals surface area contributed by atoms with Crippen molar-refractivity contribution in [1.82, 2.24) is 10.2 Å². The Balaban J connectivity index is 3.22. The first-order valence-electron chi connectivity index (χ1n) is 3.63. The van der Waals surface area contributed by atoms with E-state index in [0.717, 1.165) is 6.20 Å². The SMILES string of the molecule is CC(C)(C=O)c1[nH]ncc1[N+](=O)[O-]. The highest BCUT2D eigenvalue weighted by molar-refractivity contribution is 5.68. The third-order valence-electron chi connectivity index (χ3n) is 1.75. The van der Waals surface area contributed by atoms with Crippen molar-refractivity contribution in [2.45, 2.75) is 19.3 Å². The average Bonchev–Trinajstić information content (AvgIpc) is 2.52. The van der Waals surface area contributed by atoms with Crippen molar-refractivity contribution in [1.29, 1.82) is 0 Å². The third-order valence-corrected chi connectivity index (χ3v) is 1.75. The number of hydrogen-bond acceptors (Lipinski definition) is 4. The molecule has 0 aliphatic heterocycles. The van der Waals surface area contributed by atoms with Crippen LogP contribution in [0.4, 0.5) is 5.69 Å². The molecule has 0 fully saturated rings. The maximum absolute atomic E-state index is 10.6. The van der Waals surface area contributed by atoms with E-state index < -0.39 is 10.3 Å². The van der Waals surface area contributed by atoms with E-state index in [9.17, 15) is 14.9 Å². The molecule has 0 bridgehead atoms. The number of H-pyrrole nitrogens is 1. The van der Waals surface area contributed by atoms with Crippen molar-refractivity contribution in [3.63, 3.8) is 0 Å². The first-order valence-corrected chi connectivity index (χ1v) is 3.63. The molecule has 0 radical (unpaired) electrons. The fourth-order valence-corrected chi connectivity index (χ4v) is 0.951. The zero-order valence-corrected chi connectivity index (χ0v) is 7.27. The van der Waals surface area contributed by atoms with Gasteiger partial charge >= 0.3 is 5.69 Å². The molecule has 1 aromatic rings. The number of rotatable bonds is 3. The molecule has 0 aliphatic carbocycles. The summed E-state index contributed by atoms with van der Waals surface area (Å²) >= 11 is 0. The van der Waals surface area contributed by atoms with E-state index in [2.05, 4.69) is 10.2 Å². The van der Waals surface area contributed by atoms with E-state index in [-0.39, 0.29) is 11.4 Å². The monoisotopic (exact) mass is 183 g/mol. The van der Waals surface area contributed by atoms with Crippen molar-refractivity contribution in [3.05, 3.63) is 22.0 Å². The maximum atomic E-state index is 10.6. The summed E-state index contributed by atoms with van der Waals surface area (Å²) in [6.07, 6.45) is 1.74. The highest BCUT2D eigenvalue weighted by atomic mass is 16.6. The number of nitro groups is 1. The minimum Gasteiger partial charge on any atom is -0.302 e. The van der Waals surface area contributed by atoms with Gasteiger partial charge in [-0.15, -0.1) is 0 Å². The van der Waals surface area contributed by atoms with Gasteiger partial charge < -0.3 is 4.79 Å². The standard InChI is InChI=1S/C7H9N3O3/c1-7(2,4-11)6-5(10(12)13)3-8-9-6/h3-4H,1-2H3,(H,8,9). The van der Waals surface area contributed by atoms with E-state index >= 15 is 0 Å². The van der Waals surface area contributed by atoms with Gasteiger partial charge in [-0.05, 0) is 13.8 Å². The van der Waals surface area contributed by atoms with Crippen LogP contribution in [0.5, 0.6) is 0 Å². The van der Waals surface area contributed by atoms with Crippen molar-refractivity contribution in [3.8, 4) is 0 Å². The molecule has 1 N–H and O–H groups in total. The second kappa shape index (κ2) is 2.96. The van der Waals surface area contributed by atoms with Crippen molar-refractivity contribution in [2.24, 2.45) is 0 Å². The second-order valence-electron chi connectivity index (χ2n) is 3.23. The Morgan fingerprint density at radius 1 is 1.69 bits per heavy atom. The van der Waals surface area contributed by atoms with Gasteiger partial charge in [0.15, 0.2) is 0 Å². The molecule has 6 nitrogen and oxygen atoms in total. The Bertz CT molecular complexity index is 343. The lowest BCUT2D eigenvalue weighted by atomic mass is 9.91. The fourth-order valence-electron chi connectivity index (χ4n) is 0.951. The van der Waals surface area contributed by atoms with Crippen LogP contribution < -0.4 is 0 Å². The van der Waals surface area contributed by atoms with Gasteiger partial charge in [0, 0.05) is 0 Å². The molecule has 70 valence electrons. The van der Waals surface area contributed by atoms with Crippen LogP contribution >= 0.6 is 0 Å². The quantitative estimate of drug-likeness (QED) is 0.426. The van der Waals surface area contributed by atoms with Gasteiger partial charge in [-0.3, -0.25) is 15.2 Å². The van der Waals surface area contributed by atoms with Crippen LogP contribution in [0.1, 0.15) is 19.5 Å². The molecule has 1 aromatic heterocycles. The highest BCUT2D eigenvalue weighted by Crippen LogP contribution is 2.26. The molecular formula is C7H9N3O3. The van der Waals surface area contributed by atoms with Crippen LogP contribution in [0.25, 0.3) is 0 Å². The summed E-state index contributed by atoms with van der Waals surface area (Å²) in [6, 6.07) is 0. The van der Waals surface area contributed by atoms with Crippen LogP contribution in [0.15, 0.2) is 6.20 Å². The van der Waals surface area contributed by atoms with Gasteiger partial charge in [0.1, 0.15) is 18.2 Å². The predicted octanol–water partition coefficient (Wildman–Crippen LogP) is 0.794. The Morgan fingerprint density at radius 2 is 2.31 bits per heavy atom. The Morgan fingerprint density at radius 3 is 2.77 bits per heavy atom. The molecule has 0 aliphatic rings. The lowest BCUT2D eigenvalue weighted by Crippen LogP contribution is -2.20. The second-order valence-corrected chi connectivity index (χ2v) is 3.23. The molecule has 6 heteroatoms. The summed E-state index contributed by atoms with van der Waals surface area (Å²) in [5, 5.41) is 16.5. The Hall–Kier alpha value is -1.72. The van der Waals surface area contributed by atoms with E-state index in [4.69, 9.17) is 0 Å². The Kier molecular flexibility index (Phi) is 2.14. The van der Waals surface area contributed by atoms with Crippen molar-refractivity contribution < 1.29 is 9.72 Å². The van der Waals surface area contributed by atoms with Crippen LogP contribution in [-0.2, 0) is 10.2 Å². The molecule has 1 heterocycles. The van der Waals surface area contributed by atoms with Crippen LogP contribution in [0.2, 0.25) is 0 Å². The van der Waals surface area contributed by atoms with Gasteiger partial charge in [0.25, 0.3) is 0 Å². The number of aromatic nitrogens is 2. The molecular weight excluding hydrogens is 174 g/mol. The first kappa shape index (κ1) is 9.37. The lowest BCUT2D eigenvalue weighted by molar-refractivity contribution is -0.385. The molecule has 0 unspecified atom stereocenters. The summed E-state index contributed by atoms with van der Waals surface area (Å²) in [5.41, 5.74) is -0.830. The van der Waals surface area contributed by atoms with Gasteiger partial charge in [-0.25, -0.2) is 0 Å². The molecule has 0 saturated carbocycles. The molecule has 0 aromatic carbocycles. The number of hydrogen-bond donors (Lipinski definition) is 1. The van der Waals surface area contributed by atoms with Crippen LogP contribution in [-0.4, -0.2) is 21.4 Å². The predicted molar refractivity (Wildman–Crippen MR) is 44.3 cm³/mol. The minimum absolute atomic E-state index is 0.155. The zero-order valence-electron chi connectivity index (χ0n) is 7.27. The Labute approximate surface area is 74.1 Å². The van der Waals surface area contributed by atoms with E-state index in [1.807, 2.05) is 0 Å². The maximum Gasteiger partial charge on any atom is 0.310 e. The highest BCUT2D eigenvalue weighted by Gasteiger charge is 2.30. The summed E-state index contributed by atoms with van der Waals surface area (Å²) in [4.78, 5) is 20.5. The average molecular weight is 183 g/mol. The van der Waals surface area contributed by atoms with E-state index in [0.29, 0.717) is 6.29 Å².